The number of hydrogen-bond donors (Lipinski definition) is 1. The zero-order valence-corrected chi connectivity index (χ0v) is 12.9. The molecule has 0 saturated carbocycles. The van der Waals surface area contributed by atoms with Gasteiger partial charge < -0.3 is 5.32 Å². The van der Waals surface area contributed by atoms with Gasteiger partial charge in [0.1, 0.15) is 0 Å². The summed E-state index contributed by atoms with van der Waals surface area (Å²) in [5.41, 5.74) is 2.78. The fourth-order valence-electron chi connectivity index (χ4n) is 2.87. The molecule has 0 aliphatic heterocycles. The predicted molar refractivity (Wildman–Crippen MR) is 79.3 cm³/mol. The molecule has 0 aromatic heterocycles. The van der Waals surface area contributed by atoms with Crippen LogP contribution in [-0.2, 0) is 16.3 Å². The Bertz CT molecular complexity index is 563. The first-order chi connectivity index (χ1) is 8.77. The van der Waals surface area contributed by atoms with Crippen molar-refractivity contribution in [1.29, 1.82) is 0 Å². The Morgan fingerprint density at radius 1 is 1.37 bits per heavy atom. The third-order valence-electron chi connectivity index (χ3n) is 4.62. The van der Waals surface area contributed by atoms with E-state index in [0.29, 0.717) is 5.92 Å². The van der Waals surface area contributed by atoms with E-state index in [1.807, 2.05) is 20.9 Å². The lowest BCUT2D eigenvalue weighted by Crippen LogP contribution is -2.51. The van der Waals surface area contributed by atoms with Crippen molar-refractivity contribution in [3.63, 3.8) is 0 Å². The number of nitrogens with one attached hydrogen (secondary N) is 1. The van der Waals surface area contributed by atoms with Crippen molar-refractivity contribution in [3.8, 4) is 0 Å². The van der Waals surface area contributed by atoms with Crippen LogP contribution in [0.2, 0.25) is 0 Å². The van der Waals surface area contributed by atoms with Crippen LogP contribution in [0.3, 0.4) is 0 Å². The Kier molecular flexibility index (Phi) is 3.76. The molecule has 3 nitrogen and oxygen atoms in total. The first-order valence-corrected chi connectivity index (χ1v) is 8.61. The predicted octanol–water partition coefficient (Wildman–Crippen LogP) is 2.13. The Hall–Kier alpha value is -0.870. The van der Waals surface area contributed by atoms with Gasteiger partial charge in [-0.3, -0.25) is 0 Å². The summed E-state index contributed by atoms with van der Waals surface area (Å²) in [5.74, 6) is 0.481. The molecule has 0 amide bonds. The summed E-state index contributed by atoms with van der Waals surface area (Å²) < 4.78 is 23.1. The molecular formula is C15H23NO2S. The van der Waals surface area contributed by atoms with E-state index in [4.69, 9.17) is 0 Å². The van der Waals surface area contributed by atoms with Gasteiger partial charge in [-0.1, -0.05) is 24.3 Å². The minimum Gasteiger partial charge on any atom is -0.315 e. The van der Waals surface area contributed by atoms with Crippen LogP contribution < -0.4 is 5.32 Å². The van der Waals surface area contributed by atoms with E-state index in [1.165, 1.54) is 17.4 Å². The van der Waals surface area contributed by atoms with Crippen LogP contribution in [0.15, 0.2) is 24.3 Å². The molecule has 19 heavy (non-hydrogen) atoms. The molecule has 2 unspecified atom stereocenters. The third-order valence-corrected chi connectivity index (χ3v) is 6.82. The molecule has 4 heteroatoms. The largest absolute Gasteiger partial charge is 0.315 e. The fraction of sp³-hybridized carbons (Fsp3) is 0.600. The van der Waals surface area contributed by atoms with Crippen LogP contribution in [0, 0.1) is 0 Å². The van der Waals surface area contributed by atoms with Gasteiger partial charge in [0, 0.05) is 12.3 Å². The van der Waals surface area contributed by atoms with Crippen molar-refractivity contribution in [2.24, 2.45) is 0 Å². The van der Waals surface area contributed by atoms with E-state index in [1.54, 1.807) is 0 Å². The van der Waals surface area contributed by atoms with Gasteiger partial charge in [0.25, 0.3) is 0 Å². The molecule has 1 aromatic carbocycles. The highest BCUT2D eigenvalue weighted by atomic mass is 32.2. The van der Waals surface area contributed by atoms with E-state index in [2.05, 4.69) is 29.6 Å². The molecule has 2 rings (SSSR count). The highest BCUT2D eigenvalue weighted by molar-refractivity contribution is 7.92. The third kappa shape index (κ3) is 2.56. The minimum absolute atomic E-state index is 0.0270. The minimum atomic E-state index is -3.08. The zero-order valence-electron chi connectivity index (χ0n) is 12.1. The number of benzene rings is 1. The highest BCUT2D eigenvalue weighted by Crippen LogP contribution is 2.40. The highest BCUT2D eigenvalue weighted by Gasteiger charge is 2.40. The summed E-state index contributed by atoms with van der Waals surface area (Å²) >= 11 is 0. The summed E-state index contributed by atoms with van der Waals surface area (Å²) in [5, 5.41) is 3.20. The quantitative estimate of drug-likeness (QED) is 0.899. The number of rotatable bonds is 5. The maximum Gasteiger partial charge on any atom is 0.154 e. The van der Waals surface area contributed by atoms with Crippen molar-refractivity contribution < 1.29 is 8.42 Å². The van der Waals surface area contributed by atoms with Gasteiger partial charge in [-0.25, -0.2) is 8.42 Å². The van der Waals surface area contributed by atoms with Crippen LogP contribution in [0.25, 0.3) is 0 Å². The normalized spacial score (nSPS) is 20.5. The van der Waals surface area contributed by atoms with Crippen LogP contribution in [0.1, 0.15) is 37.3 Å². The molecule has 0 bridgehead atoms. The SMILES string of the molecule is CNC(CC1Cc2ccccc21)C(C)(C)S(C)(=O)=O. The van der Waals surface area contributed by atoms with Gasteiger partial charge in [-0.15, -0.1) is 0 Å². The molecule has 0 saturated heterocycles. The fourth-order valence-corrected chi connectivity index (χ4v) is 3.60. The lowest BCUT2D eigenvalue weighted by Gasteiger charge is -2.38. The van der Waals surface area contributed by atoms with Crippen molar-refractivity contribution in [3.05, 3.63) is 35.4 Å². The van der Waals surface area contributed by atoms with Gasteiger partial charge >= 0.3 is 0 Å². The monoisotopic (exact) mass is 281 g/mol. The zero-order chi connectivity index (χ0) is 14.3. The van der Waals surface area contributed by atoms with Gasteiger partial charge in [-0.2, -0.15) is 0 Å². The smallest absolute Gasteiger partial charge is 0.154 e. The van der Waals surface area contributed by atoms with E-state index >= 15 is 0 Å². The molecular weight excluding hydrogens is 258 g/mol. The first-order valence-electron chi connectivity index (χ1n) is 6.72. The second kappa shape index (κ2) is 4.91. The maximum absolute atomic E-state index is 11.9. The second-order valence-electron chi connectivity index (χ2n) is 6.05. The molecule has 0 heterocycles. The van der Waals surface area contributed by atoms with Crippen molar-refractivity contribution >= 4 is 9.84 Å². The topological polar surface area (TPSA) is 46.2 Å². The van der Waals surface area contributed by atoms with Gasteiger partial charge in [-0.05, 0) is 50.8 Å². The van der Waals surface area contributed by atoms with E-state index in [-0.39, 0.29) is 6.04 Å². The molecule has 1 aliphatic rings. The first kappa shape index (κ1) is 14.5. The number of sulfone groups is 1. The van der Waals surface area contributed by atoms with Gasteiger partial charge in [0.15, 0.2) is 9.84 Å². The van der Waals surface area contributed by atoms with Gasteiger partial charge in [0.2, 0.25) is 0 Å². The Morgan fingerprint density at radius 2 is 2.00 bits per heavy atom. The molecule has 1 aromatic rings. The standard InChI is InChI=1S/C15H23NO2S/c1-15(2,19(4,17)18)14(16-3)10-12-9-11-7-5-6-8-13(11)12/h5-8,12,14,16H,9-10H2,1-4H3. The van der Waals surface area contributed by atoms with Crippen LogP contribution >= 0.6 is 0 Å². The molecule has 1 aliphatic carbocycles. The van der Waals surface area contributed by atoms with Crippen molar-refractivity contribution in [1.82, 2.24) is 5.32 Å². The van der Waals surface area contributed by atoms with Crippen molar-refractivity contribution in [2.45, 2.75) is 43.4 Å². The lowest BCUT2D eigenvalue weighted by atomic mass is 9.73. The van der Waals surface area contributed by atoms with Crippen LogP contribution in [-0.4, -0.2) is 32.5 Å². The van der Waals surface area contributed by atoms with Crippen molar-refractivity contribution in [2.75, 3.05) is 13.3 Å². The van der Waals surface area contributed by atoms with Gasteiger partial charge in [0.05, 0.1) is 4.75 Å². The van der Waals surface area contributed by atoms with Crippen LogP contribution in [0.5, 0.6) is 0 Å². The Morgan fingerprint density at radius 3 is 2.53 bits per heavy atom. The summed E-state index contributed by atoms with van der Waals surface area (Å²) in [7, 11) is -1.23. The maximum atomic E-state index is 11.9. The average molecular weight is 281 g/mol. The molecule has 0 fully saturated rings. The van der Waals surface area contributed by atoms with E-state index in [0.717, 1.165) is 12.8 Å². The van der Waals surface area contributed by atoms with E-state index in [9.17, 15) is 8.42 Å². The molecule has 2 atom stereocenters. The second-order valence-corrected chi connectivity index (χ2v) is 8.65. The number of fused-ring (bicyclic) bond motifs is 1. The summed E-state index contributed by atoms with van der Waals surface area (Å²) in [6.07, 6.45) is 3.26. The lowest BCUT2D eigenvalue weighted by molar-refractivity contribution is 0.369. The molecule has 0 spiro atoms. The Labute approximate surface area is 116 Å². The summed E-state index contributed by atoms with van der Waals surface area (Å²) in [6.45, 7) is 3.63. The average Bonchev–Trinajstić information content (AvgIpc) is 2.29. The summed E-state index contributed by atoms with van der Waals surface area (Å²) in [6, 6.07) is 8.40. The van der Waals surface area contributed by atoms with Crippen LogP contribution in [0.4, 0.5) is 0 Å². The summed E-state index contributed by atoms with van der Waals surface area (Å²) in [4.78, 5) is 0. The molecule has 0 radical (unpaired) electrons. The molecule has 106 valence electrons. The Balaban J connectivity index is 2.15. The van der Waals surface area contributed by atoms with E-state index < -0.39 is 14.6 Å². The number of hydrogen-bond acceptors (Lipinski definition) is 3. The molecule has 1 N–H and O–H groups in total.